The number of rotatable bonds is 3. The summed E-state index contributed by atoms with van der Waals surface area (Å²) in [6, 6.07) is 13.9. The molecule has 1 atom stereocenters. The standard InChI is InChI=1S/C19H20N2O3S/c1-13-18(11-15-7-4-6-14-5-2-3-8-17(14)15)19(22)21(20-13)16-9-10-25(23,24)12-16/h2-8,16,20H,9-12H2,1H3. The zero-order valence-corrected chi connectivity index (χ0v) is 14.8. The normalized spacial score (nSPS) is 19.5. The molecule has 0 radical (unpaired) electrons. The Morgan fingerprint density at radius 2 is 1.92 bits per heavy atom. The molecule has 130 valence electrons. The van der Waals surface area contributed by atoms with Crippen LogP contribution in [0.2, 0.25) is 0 Å². The minimum absolute atomic E-state index is 0.0422. The fraction of sp³-hybridized carbons (Fsp3) is 0.316. The minimum Gasteiger partial charge on any atom is -0.299 e. The Kier molecular flexibility index (Phi) is 3.80. The molecular weight excluding hydrogens is 336 g/mol. The van der Waals surface area contributed by atoms with Crippen LogP contribution in [-0.4, -0.2) is 29.7 Å². The average molecular weight is 356 g/mol. The lowest BCUT2D eigenvalue weighted by Crippen LogP contribution is -2.25. The van der Waals surface area contributed by atoms with Crippen LogP contribution in [0.4, 0.5) is 0 Å². The Labute approximate surface area is 146 Å². The Hall–Kier alpha value is -2.34. The van der Waals surface area contributed by atoms with E-state index in [4.69, 9.17) is 0 Å². The second-order valence-corrected chi connectivity index (χ2v) is 8.99. The number of hydrogen-bond donors (Lipinski definition) is 1. The van der Waals surface area contributed by atoms with E-state index >= 15 is 0 Å². The predicted octanol–water partition coefficient (Wildman–Crippen LogP) is 2.59. The third-order valence-electron chi connectivity index (χ3n) is 5.04. The Morgan fingerprint density at radius 3 is 2.68 bits per heavy atom. The van der Waals surface area contributed by atoms with Crippen molar-refractivity contribution in [3.05, 3.63) is 69.6 Å². The van der Waals surface area contributed by atoms with Gasteiger partial charge in [0.25, 0.3) is 5.56 Å². The first kappa shape index (κ1) is 16.1. The molecule has 1 saturated heterocycles. The molecule has 2 aromatic carbocycles. The number of hydrogen-bond acceptors (Lipinski definition) is 3. The van der Waals surface area contributed by atoms with Crippen LogP contribution in [0, 0.1) is 6.92 Å². The number of nitrogens with zero attached hydrogens (tertiary/aromatic N) is 1. The number of sulfone groups is 1. The minimum atomic E-state index is -3.03. The lowest BCUT2D eigenvalue weighted by atomic mass is 9.99. The molecule has 1 fully saturated rings. The van der Waals surface area contributed by atoms with Crippen molar-refractivity contribution in [1.82, 2.24) is 9.78 Å². The van der Waals surface area contributed by atoms with Crippen molar-refractivity contribution in [3.8, 4) is 0 Å². The van der Waals surface area contributed by atoms with Gasteiger partial charge in [-0.2, -0.15) is 0 Å². The maximum absolute atomic E-state index is 12.9. The summed E-state index contributed by atoms with van der Waals surface area (Å²) in [5, 5.41) is 5.39. The summed E-state index contributed by atoms with van der Waals surface area (Å²) >= 11 is 0. The van der Waals surface area contributed by atoms with Crippen LogP contribution in [0.1, 0.15) is 29.3 Å². The van der Waals surface area contributed by atoms with Crippen LogP contribution >= 0.6 is 0 Å². The van der Waals surface area contributed by atoms with Gasteiger partial charge in [-0.05, 0) is 29.7 Å². The van der Waals surface area contributed by atoms with E-state index in [0.717, 1.165) is 22.0 Å². The topological polar surface area (TPSA) is 71.9 Å². The highest BCUT2D eigenvalue weighted by atomic mass is 32.2. The summed E-state index contributed by atoms with van der Waals surface area (Å²) in [4.78, 5) is 12.9. The van der Waals surface area contributed by atoms with Crippen LogP contribution in [0.3, 0.4) is 0 Å². The van der Waals surface area contributed by atoms with E-state index in [1.165, 1.54) is 4.68 Å². The van der Waals surface area contributed by atoms with Crippen molar-refractivity contribution in [2.24, 2.45) is 0 Å². The van der Waals surface area contributed by atoms with Crippen LogP contribution in [0.5, 0.6) is 0 Å². The van der Waals surface area contributed by atoms with Crippen molar-refractivity contribution in [2.75, 3.05) is 11.5 Å². The molecule has 0 spiro atoms. The number of H-pyrrole nitrogens is 1. The molecule has 0 bridgehead atoms. The molecule has 25 heavy (non-hydrogen) atoms. The fourth-order valence-electron chi connectivity index (χ4n) is 3.69. The van der Waals surface area contributed by atoms with E-state index in [2.05, 4.69) is 23.3 Å². The molecular formula is C19H20N2O3S. The van der Waals surface area contributed by atoms with Gasteiger partial charge in [-0.3, -0.25) is 9.89 Å². The molecule has 1 aliphatic heterocycles. The van der Waals surface area contributed by atoms with Gasteiger partial charge in [0.05, 0.1) is 17.5 Å². The van der Waals surface area contributed by atoms with Gasteiger partial charge in [0.2, 0.25) is 0 Å². The smallest absolute Gasteiger partial charge is 0.270 e. The monoisotopic (exact) mass is 356 g/mol. The van der Waals surface area contributed by atoms with Gasteiger partial charge in [-0.25, -0.2) is 13.1 Å². The zero-order chi connectivity index (χ0) is 17.6. The third kappa shape index (κ3) is 2.91. The Morgan fingerprint density at radius 1 is 1.16 bits per heavy atom. The van der Waals surface area contributed by atoms with Crippen molar-refractivity contribution in [3.63, 3.8) is 0 Å². The van der Waals surface area contributed by atoms with Gasteiger partial charge in [-0.1, -0.05) is 42.5 Å². The van der Waals surface area contributed by atoms with E-state index in [0.29, 0.717) is 18.4 Å². The fourth-order valence-corrected chi connectivity index (χ4v) is 5.39. The van der Waals surface area contributed by atoms with Crippen LogP contribution in [0.15, 0.2) is 47.3 Å². The first-order valence-corrected chi connectivity index (χ1v) is 10.2. The highest BCUT2D eigenvalue weighted by molar-refractivity contribution is 7.91. The van der Waals surface area contributed by atoms with Gasteiger partial charge in [-0.15, -0.1) is 0 Å². The summed E-state index contributed by atoms with van der Waals surface area (Å²) in [5.41, 5.74) is 2.51. The predicted molar refractivity (Wildman–Crippen MR) is 98.9 cm³/mol. The highest BCUT2D eigenvalue weighted by Crippen LogP contribution is 2.24. The highest BCUT2D eigenvalue weighted by Gasteiger charge is 2.31. The van der Waals surface area contributed by atoms with Gasteiger partial charge in [0.15, 0.2) is 9.84 Å². The Bertz CT molecular complexity index is 1100. The zero-order valence-electron chi connectivity index (χ0n) is 14.0. The molecule has 1 unspecified atom stereocenters. The molecule has 6 heteroatoms. The maximum atomic E-state index is 12.9. The van der Waals surface area contributed by atoms with Gasteiger partial charge < -0.3 is 0 Å². The lowest BCUT2D eigenvalue weighted by molar-refractivity contribution is 0.483. The van der Waals surface area contributed by atoms with Crippen molar-refractivity contribution in [2.45, 2.75) is 25.8 Å². The van der Waals surface area contributed by atoms with E-state index < -0.39 is 9.84 Å². The molecule has 0 aliphatic carbocycles. The summed E-state index contributed by atoms with van der Waals surface area (Å²) < 4.78 is 25.0. The summed E-state index contributed by atoms with van der Waals surface area (Å²) in [7, 11) is -3.03. The quantitative estimate of drug-likeness (QED) is 0.784. The van der Waals surface area contributed by atoms with Crippen molar-refractivity contribution < 1.29 is 8.42 Å². The molecule has 0 amide bonds. The maximum Gasteiger partial charge on any atom is 0.270 e. The SMILES string of the molecule is Cc1[nH]n(C2CCS(=O)(=O)C2)c(=O)c1Cc1cccc2ccccc12. The molecule has 2 heterocycles. The number of aryl methyl sites for hydroxylation is 1. The van der Waals surface area contributed by atoms with Crippen LogP contribution < -0.4 is 5.56 Å². The van der Waals surface area contributed by atoms with E-state index in [9.17, 15) is 13.2 Å². The second-order valence-electron chi connectivity index (χ2n) is 6.76. The van der Waals surface area contributed by atoms with E-state index in [-0.39, 0.29) is 23.1 Å². The average Bonchev–Trinajstić information content (AvgIpc) is 3.08. The first-order valence-electron chi connectivity index (χ1n) is 8.42. The van der Waals surface area contributed by atoms with Crippen molar-refractivity contribution >= 4 is 20.6 Å². The van der Waals surface area contributed by atoms with Gasteiger partial charge >= 0.3 is 0 Å². The Balaban J connectivity index is 1.73. The molecule has 3 aromatic rings. The van der Waals surface area contributed by atoms with Crippen LogP contribution in [0.25, 0.3) is 10.8 Å². The van der Waals surface area contributed by atoms with Gasteiger partial charge in [0, 0.05) is 17.7 Å². The number of aromatic amines is 1. The molecule has 0 saturated carbocycles. The van der Waals surface area contributed by atoms with E-state index in [1.54, 1.807) is 0 Å². The number of nitrogens with one attached hydrogen (secondary N) is 1. The summed E-state index contributed by atoms with van der Waals surface area (Å²) in [6.07, 6.45) is 1.03. The molecule has 5 nitrogen and oxygen atoms in total. The van der Waals surface area contributed by atoms with Crippen LogP contribution in [-0.2, 0) is 16.3 Å². The summed E-state index contributed by atoms with van der Waals surface area (Å²) in [5.74, 6) is 0.196. The molecule has 1 N–H and O–H groups in total. The van der Waals surface area contributed by atoms with Gasteiger partial charge in [0.1, 0.15) is 0 Å². The van der Waals surface area contributed by atoms with E-state index in [1.807, 2.05) is 31.2 Å². The third-order valence-corrected chi connectivity index (χ3v) is 6.79. The number of fused-ring (bicyclic) bond motifs is 1. The molecule has 1 aliphatic rings. The molecule has 1 aromatic heterocycles. The number of aromatic nitrogens is 2. The lowest BCUT2D eigenvalue weighted by Gasteiger charge is -2.08. The first-order chi connectivity index (χ1) is 11.9. The number of benzene rings is 2. The second kappa shape index (κ2) is 5.88. The van der Waals surface area contributed by atoms with Crippen molar-refractivity contribution in [1.29, 1.82) is 0 Å². The summed E-state index contributed by atoms with van der Waals surface area (Å²) in [6.45, 7) is 1.88. The largest absolute Gasteiger partial charge is 0.299 e. The molecule has 4 rings (SSSR count).